The summed E-state index contributed by atoms with van der Waals surface area (Å²) in [6.45, 7) is 2.22. The number of rotatable bonds is 3. The zero-order valence-electron chi connectivity index (χ0n) is 8.26. The lowest BCUT2D eigenvalue weighted by atomic mass is 9.98. The molecule has 0 atom stereocenters. The summed E-state index contributed by atoms with van der Waals surface area (Å²) in [4.78, 5) is 4.11. The second kappa shape index (κ2) is 3.52. The molecule has 1 fully saturated rings. The van der Waals surface area contributed by atoms with E-state index in [1.165, 1.54) is 5.56 Å². The second-order valence-electron chi connectivity index (χ2n) is 4.27. The van der Waals surface area contributed by atoms with E-state index in [4.69, 9.17) is 11.6 Å². The quantitative estimate of drug-likeness (QED) is 0.779. The Hall–Kier alpha value is -0.600. The molecule has 1 aliphatic rings. The Kier molecular flexibility index (Phi) is 2.50. The number of nitrogens with zero attached hydrogens (tertiary/aromatic N) is 1. The first-order valence-corrected chi connectivity index (χ1v) is 5.25. The molecule has 0 spiro atoms. The minimum Gasteiger partial charge on any atom is -0.396 e. The summed E-state index contributed by atoms with van der Waals surface area (Å²) in [7, 11) is 0. The molecule has 2 nitrogen and oxygen atoms in total. The van der Waals surface area contributed by atoms with Gasteiger partial charge in [-0.25, -0.2) is 4.98 Å². The Morgan fingerprint density at radius 3 is 2.71 bits per heavy atom. The highest BCUT2D eigenvalue weighted by molar-refractivity contribution is 6.29. The van der Waals surface area contributed by atoms with Gasteiger partial charge in [0, 0.05) is 12.3 Å². The van der Waals surface area contributed by atoms with Crippen molar-refractivity contribution in [2.24, 2.45) is 5.41 Å². The molecule has 1 aromatic rings. The van der Waals surface area contributed by atoms with Crippen LogP contribution in [0.15, 0.2) is 12.1 Å². The van der Waals surface area contributed by atoms with Crippen LogP contribution in [-0.4, -0.2) is 16.7 Å². The van der Waals surface area contributed by atoms with Crippen LogP contribution in [0.25, 0.3) is 0 Å². The van der Waals surface area contributed by atoms with E-state index in [1.54, 1.807) is 0 Å². The summed E-state index contributed by atoms with van der Waals surface area (Å²) in [6.07, 6.45) is 3.18. The van der Waals surface area contributed by atoms with Crippen molar-refractivity contribution in [2.75, 3.05) is 6.61 Å². The van der Waals surface area contributed by atoms with Gasteiger partial charge in [0.15, 0.2) is 0 Å². The fourth-order valence-corrected chi connectivity index (χ4v) is 2.07. The van der Waals surface area contributed by atoms with Crippen molar-refractivity contribution in [2.45, 2.75) is 26.2 Å². The van der Waals surface area contributed by atoms with E-state index in [0.717, 1.165) is 25.0 Å². The van der Waals surface area contributed by atoms with Gasteiger partial charge in [0.1, 0.15) is 5.15 Å². The number of halogens is 1. The van der Waals surface area contributed by atoms with E-state index >= 15 is 0 Å². The predicted octanol–water partition coefficient (Wildman–Crippen LogP) is 2.36. The zero-order valence-corrected chi connectivity index (χ0v) is 9.01. The number of hydrogen-bond donors (Lipinski definition) is 1. The molecule has 76 valence electrons. The normalized spacial score (nSPS) is 18.2. The third kappa shape index (κ3) is 2.07. The molecule has 1 heterocycles. The molecule has 0 amide bonds. The van der Waals surface area contributed by atoms with Crippen molar-refractivity contribution in [1.82, 2.24) is 4.98 Å². The fraction of sp³-hybridized carbons (Fsp3) is 0.545. The third-order valence-corrected chi connectivity index (χ3v) is 3.05. The van der Waals surface area contributed by atoms with E-state index in [9.17, 15) is 5.11 Å². The minimum absolute atomic E-state index is 0.150. The Morgan fingerprint density at radius 2 is 2.21 bits per heavy atom. The molecule has 0 aliphatic heterocycles. The van der Waals surface area contributed by atoms with Gasteiger partial charge in [-0.3, -0.25) is 0 Å². The summed E-state index contributed by atoms with van der Waals surface area (Å²) >= 11 is 5.87. The average molecular weight is 212 g/mol. The fourth-order valence-electron chi connectivity index (χ4n) is 1.80. The number of hydrogen-bond acceptors (Lipinski definition) is 2. The van der Waals surface area contributed by atoms with Crippen molar-refractivity contribution >= 4 is 11.6 Å². The molecule has 0 bridgehead atoms. The summed E-state index contributed by atoms with van der Waals surface area (Å²) in [5, 5.41) is 9.76. The Bertz CT molecular complexity index is 327. The molecule has 1 N–H and O–H groups in total. The van der Waals surface area contributed by atoms with E-state index in [0.29, 0.717) is 5.15 Å². The molecule has 1 aliphatic carbocycles. The minimum atomic E-state index is 0.150. The molecule has 0 unspecified atom stereocenters. The third-order valence-electron chi connectivity index (χ3n) is 2.85. The van der Waals surface area contributed by atoms with E-state index in [-0.39, 0.29) is 12.0 Å². The van der Waals surface area contributed by atoms with Crippen molar-refractivity contribution < 1.29 is 5.11 Å². The van der Waals surface area contributed by atoms with Gasteiger partial charge in [-0.2, -0.15) is 0 Å². The van der Waals surface area contributed by atoms with Crippen molar-refractivity contribution in [3.63, 3.8) is 0 Å². The molecule has 0 saturated heterocycles. The van der Waals surface area contributed by atoms with Crippen molar-refractivity contribution in [3.8, 4) is 0 Å². The van der Waals surface area contributed by atoms with E-state index in [1.807, 2.05) is 19.1 Å². The van der Waals surface area contributed by atoms with Crippen LogP contribution in [0.5, 0.6) is 0 Å². The maximum atomic E-state index is 9.21. The smallest absolute Gasteiger partial charge is 0.129 e. The number of aliphatic hydroxyl groups excluding tert-OH is 1. The molecular formula is C11H14ClNO. The lowest BCUT2D eigenvalue weighted by molar-refractivity contribution is 0.211. The molecule has 0 radical (unpaired) electrons. The Labute approximate surface area is 88.9 Å². The summed E-state index contributed by atoms with van der Waals surface area (Å²) in [5.74, 6) is 0. The van der Waals surface area contributed by atoms with Gasteiger partial charge >= 0.3 is 0 Å². The van der Waals surface area contributed by atoms with Crippen LogP contribution >= 0.6 is 11.6 Å². The van der Waals surface area contributed by atoms with Gasteiger partial charge in [0.25, 0.3) is 0 Å². The first-order chi connectivity index (χ1) is 6.63. The molecule has 2 rings (SSSR count). The van der Waals surface area contributed by atoms with Gasteiger partial charge < -0.3 is 5.11 Å². The van der Waals surface area contributed by atoms with Crippen LogP contribution < -0.4 is 0 Å². The van der Waals surface area contributed by atoms with Gasteiger partial charge in [-0.1, -0.05) is 11.6 Å². The first-order valence-electron chi connectivity index (χ1n) is 4.87. The van der Waals surface area contributed by atoms with Gasteiger partial charge in [0.05, 0.1) is 0 Å². The highest BCUT2D eigenvalue weighted by Gasteiger charge is 2.41. The molecule has 0 aromatic carbocycles. The second-order valence-corrected chi connectivity index (χ2v) is 4.66. The molecular weight excluding hydrogens is 198 g/mol. The molecule has 3 heteroatoms. The van der Waals surface area contributed by atoms with Crippen LogP contribution in [-0.2, 0) is 6.42 Å². The van der Waals surface area contributed by atoms with Crippen molar-refractivity contribution in [3.05, 3.63) is 28.5 Å². The topological polar surface area (TPSA) is 33.1 Å². The van der Waals surface area contributed by atoms with Crippen LogP contribution in [0.4, 0.5) is 0 Å². The number of aromatic nitrogens is 1. The van der Waals surface area contributed by atoms with Crippen molar-refractivity contribution in [1.29, 1.82) is 0 Å². The summed E-state index contributed by atoms with van der Waals surface area (Å²) in [5.41, 5.74) is 2.28. The standard InChI is InChI=1S/C11H14ClNO/c1-8-4-9(5-10(12)13-8)6-11(7-14)2-3-11/h4-5,14H,2-3,6-7H2,1H3. The first kappa shape index (κ1) is 9.94. The number of pyridine rings is 1. The molecule has 14 heavy (non-hydrogen) atoms. The van der Waals surface area contributed by atoms with E-state index < -0.39 is 0 Å². The van der Waals surface area contributed by atoms with Crippen LogP contribution in [0, 0.1) is 12.3 Å². The highest BCUT2D eigenvalue weighted by Crippen LogP contribution is 2.47. The van der Waals surface area contributed by atoms with Crippen LogP contribution in [0.1, 0.15) is 24.1 Å². The van der Waals surface area contributed by atoms with Crippen LogP contribution in [0.3, 0.4) is 0 Å². The maximum absolute atomic E-state index is 9.21. The SMILES string of the molecule is Cc1cc(CC2(CO)CC2)cc(Cl)n1. The number of aliphatic hydroxyl groups is 1. The molecule has 1 aromatic heterocycles. The monoisotopic (exact) mass is 211 g/mol. The lowest BCUT2D eigenvalue weighted by Crippen LogP contribution is -2.10. The highest BCUT2D eigenvalue weighted by atomic mass is 35.5. The average Bonchev–Trinajstić information content (AvgIpc) is 2.83. The molecule has 1 saturated carbocycles. The van der Waals surface area contributed by atoms with Gasteiger partial charge in [-0.15, -0.1) is 0 Å². The van der Waals surface area contributed by atoms with Crippen LogP contribution in [0.2, 0.25) is 5.15 Å². The largest absolute Gasteiger partial charge is 0.396 e. The Balaban J connectivity index is 2.16. The number of aryl methyl sites for hydroxylation is 1. The summed E-state index contributed by atoms with van der Waals surface area (Å²) < 4.78 is 0. The maximum Gasteiger partial charge on any atom is 0.129 e. The van der Waals surface area contributed by atoms with Gasteiger partial charge in [-0.05, 0) is 49.3 Å². The predicted molar refractivity (Wildman–Crippen MR) is 56.4 cm³/mol. The lowest BCUT2D eigenvalue weighted by Gasteiger charge is -2.11. The zero-order chi connectivity index (χ0) is 10.2. The van der Waals surface area contributed by atoms with Gasteiger partial charge in [0.2, 0.25) is 0 Å². The van der Waals surface area contributed by atoms with E-state index in [2.05, 4.69) is 4.98 Å². The summed E-state index contributed by atoms with van der Waals surface area (Å²) in [6, 6.07) is 3.94. The Morgan fingerprint density at radius 1 is 1.50 bits per heavy atom.